The zero-order valence-electron chi connectivity index (χ0n) is 10.4. The van der Waals surface area contributed by atoms with Gasteiger partial charge in [-0.25, -0.2) is 0 Å². The van der Waals surface area contributed by atoms with E-state index in [-0.39, 0.29) is 5.84 Å². The third-order valence-electron chi connectivity index (χ3n) is 2.82. The Morgan fingerprint density at radius 1 is 1.56 bits per heavy atom. The van der Waals surface area contributed by atoms with E-state index in [1.165, 1.54) is 12.8 Å². The van der Waals surface area contributed by atoms with Gasteiger partial charge < -0.3 is 15.7 Å². The molecule has 0 amide bonds. The lowest BCUT2D eigenvalue weighted by Crippen LogP contribution is -2.16. The van der Waals surface area contributed by atoms with Crippen molar-refractivity contribution in [3.8, 4) is 5.75 Å². The van der Waals surface area contributed by atoms with Crippen LogP contribution in [-0.4, -0.2) is 23.4 Å². The van der Waals surface area contributed by atoms with Gasteiger partial charge in [-0.2, -0.15) is 0 Å². The molecule has 3 N–H and O–H groups in total. The highest BCUT2D eigenvalue weighted by molar-refractivity contribution is 7.99. The lowest BCUT2D eigenvalue weighted by Gasteiger charge is -2.13. The van der Waals surface area contributed by atoms with Crippen molar-refractivity contribution >= 4 is 17.6 Å². The predicted molar refractivity (Wildman–Crippen MR) is 73.6 cm³/mol. The van der Waals surface area contributed by atoms with Gasteiger partial charge in [0.05, 0.1) is 12.2 Å². The number of hydrogen-bond acceptors (Lipinski definition) is 4. The van der Waals surface area contributed by atoms with E-state index in [0.717, 1.165) is 10.6 Å². The Hall–Kier alpha value is -1.36. The molecule has 4 nitrogen and oxygen atoms in total. The van der Waals surface area contributed by atoms with Crippen molar-refractivity contribution in [2.45, 2.75) is 24.7 Å². The number of rotatable bonds is 6. The van der Waals surface area contributed by atoms with Gasteiger partial charge in [0.2, 0.25) is 0 Å². The molecule has 2 rings (SSSR count). The molecular weight excluding hydrogens is 248 g/mol. The summed E-state index contributed by atoms with van der Waals surface area (Å²) in [7, 11) is 0. The first kappa shape index (κ1) is 13.1. The maximum Gasteiger partial charge on any atom is 0.174 e. The second-order valence-corrected chi connectivity index (χ2v) is 5.61. The average molecular weight is 266 g/mol. The lowest BCUT2D eigenvalue weighted by atomic mass is 10.2. The third kappa shape index (κ3) is 3.10. The summed E-state index contributed by atoms with van der Waals surface area (Å²) in [6.45, 7) is 2.78. The van der Waals surface area contributed by atoms with Crippen LogP contribution in [-0.2, 0) is 0 Å². The lowest BCUT2D eigenvalue weighted by molar-refractivity contribution is 0.297. The molecule has 1 saturated carbocycles. The van der Waals surface area contributed by atoms with Crippen LogP contribution in [0, 0.1) is 5.92 Å². The zero-order valence-corrected chi connectivity index (χ0v) is 11.2. The van der Waals surface area contributed by atoms with Gasteiger partial charge in [0.1, 0.15) is 5.75 Å². The minimum absolute atomic E-state index is 0.109. The zero-order chi connectivity index (χ0) is 13.0. The first-order valence-electron chi connectivity index (χ1n) is 6.12. The molecule has 0 bridgehead atoms. The summed E-state index contributed by atoms with van der Waals surface area (Å²) in [6, 6.07) is 5.77. The van der Waals surface area contributed by atoms with Crippen molar-refractivity contribution in [3.63, 3.8) is 0 Å². The van der Waals surface area contributed by atoms with E-state index in [0.29, 0.717) is 23.8 Å². The van der Waals surface area contributed by atoms with E-state index in [1.54, 1.807) is 11.8 Å². The summed E-state index contributed by atoms with van der Waals surface area (Å²) in [5.41, 5.74) is 6.46. The normalized spacial score (nSPS) is 15.7. The summed E-state index contributed by atoms with van der Waals surface area (Å²) in [5.74, 6) is 2.42. The summed E-state index contributed by atoms with van der Waals surface area (Å²) in [6.07, 6.45) is 2.48. The minimum atomic E-state index is 0.109. The number of nitrogens with two attached hydrogens (primary N) is 1. The Morgan fingerprint density at radius 2 is 2.33 bits per heavy atom. The van der Waals surface area contributed by atoms with E-state index >= 15 is 0 Å². The van der Waals surface area contributed by atoms with Crippen LogP contribution in [0.15, 0.2) is 28.3 Å². The molecular formula is C13H18N2O2S. The van der Waals surface area contributed by atoms with Gasteiger partial charge in [-0.3, -0.25) is 0 Å². The van der Waals surface area contributed by atoms with E-state index in [9.17, 15) is 0 Å². The Morgan fingerprint density at radius 3 is 2.94 bits per heavy atom. The van der Waals surface area contributed by atoms with Gasteiger partial charge in [0, 0.05) is 4.90 Å². The van der Waals surface area contributed by atoms with Crippen molar-refractivity contribution in [3.05, 3.63) is 23.8 Å². The molecule has 0 heterocycles. The van der Waals surface area contributed by atoms with Crippen LogP contribution >= 0.6 is 11.8 Å². The highest BCUT2D eigenvalue weighted by Crippen LogP contribution is 2.33. The molecule has 1 aromatic rings. The first-order valence-corrected chi connectivity index (χ1v) is 7.11. The second-order valence-electron chi connectivity index (χ2n) is 4.30. The highest BCUT2D eigenvalue weighted by atomic mass is 32.2. The molecule has 0 unspecified atom stereocenters. The molecule has 18 heavy (non-hydrogen) atoms. The topological polar surface area (TPSA) is 67.8 Å². The minimum Gasteiger partial charge on any atom is -0.492 e. The van der Waals surface area contributed by atoms with Crippen LogP contribution in [0.3, 0.4) is 0 Å². The number of hydrogen-bond donors (Lipinski definition) is 2. The van der Waals surface area contributed by atoms with Crippen LogP contribution in [0.1, 0.15) is 25.3 Å². The molecule has 1 fully saturated rings. The molecule has 0 aromatic heterocycles. The van der Waals surface area contributed by atoms with E-state index in [2.05, 4.69) is 12.1 Å². The predicted octanol–water partition coefficient (Wildman–Crippen LogP) is 2.68. The monoisotopic (exact) mass is 266 g/mol. The van der Waals surface area contributed by atoms with Crippen molar-refractivity contribution in [1.82, 2.24) is 0 Å². The molecule has 1 aliphatic carbocycles. The summed E-state index contributed by atoms with van der Waals surface area (Å²) in [4.78, 5) is 0.987. The number of benzene rings is 1. The fourth-order valence-electron chi connectivity index (χ4n) is 1.70. The van der Waals surface area contributed by atoms with E-state index in [4.69, 9.17) is 15.7 Å². The molecule has 0 aliphatic heterocycles. The molecule has 0 spiro atoms. The maximum absolute atomic E-state index is 8.89. The highest BCUT2D eigenvalue weighted by Gasteiger charge is 2.23. The van der Waals surface area contributed by atoms with Gasteiger partial charge in [0.15, 0.2) is 5.84 Å². The van der Waals surface area contributed by atoms with Gasteiger partial charge in [-0.1, -0.05) is 18.1 Å². The maximum atomic E-state index is 8.89. The molecule has 0 atom stereocenters. The Balaban J connectivity index is 2.26. The quantitative estimate of drug-likeness (QED) is 0.273. The third-order valence-corrected chi connectivity index (χ3v) is 3.76. The Kier molecular flexibility index (Phi) is 4.36. The molecule has 0 saturated heterocycles. The van der Waals surface area contributed by atoms with E-state index in [1.807, 2.05) is 18.2 Å². The van der Waals surface area contributed by atoms with Crippen LogP contribution < -0.4 is 10.5 Å². The summed E-state index contributed by atoms with van der Waals surface area (Å²) in [5, 5.41) is 12.0. The Bertz CT molecular complexity index is 445. The average Bonchev–Trinajstić information content (AvgIpc) is 3.20. The number of ether oxygens (including phenoxy) is 1. The molecule has 1 aliphatic rings. The van der Waals surface area contributed by atoms with E-state index < -0.39 is 0 Å². The van der Waals surface area contributed by atoms with Crippen LogP contribution in [0.2, 0.25) is 0 Å². The number of nitrogens with zero attached hydrogens (tertiary/aromatic N) is 1. The summed E-state index contributed by atoms with van der Waals surface area (Å²) >= 11 is 1.66. The Labute approximate surface area is 111 Å². The number of thioether (sulfide) groups is 1. The van der Waals surface area contributed by atoms with Crippen LogP contribution in [0.25, 0.3) is 0 Å². The van der Waals surface area contributed by atoms with Crippen molar-refractivity contribution in [2.75, 3.05) is 12.4 Å². The first-order chi connectivity index (χ1) is 8.76. The van der Waals surface area contributed by atoms with Gasteiger partial charge in [-0.05, 0) is 36.6 Å². The molecule has 5 heteroatoms. The number of oxime groups is 1. The second kappa shape index (κ2) is 6.00. The van der Waals surface area contributed by atoms with Crippen molar-refractivity contribution in [2.24, 2.45) is 16.8 Å². The smallest absolute Gasteiger partial charge is 0.174 e. The standard InChI is InChI=1S/C13H18N2O2S/c1-2-18-11-5-3-4-10(12(11)13(14)15-16)17-8-9-6-7-9/h3-5,9,16H,2,6-8H2,1H3,(H2,14,15). The van der Waals surface area contributed by atoms with Crippen LogP contribution in [0.4, 0.5) is 0 Å². The molecule has 98 valence electrons. The van der Waals surface area contributed by atoms with Gasteiger partial charge in [-0.15, -0.1) is 11.8 Å². The van der Waals surface area contributed by atoms with Crippen molar-refractivity contribution in [1.29, 1.82) is 0 Å². The van der Waals surface area contributed by atoms with Gasteiger partial charge >= 0.3 is 0 Å². The SMILES string of the molecule is CCSc1cccc(OCC2CC2)c1/C(N)=N/O. The van der Waals surface area contributed by atoms with Gasteiger partial charge in [0.25, 0.3) is 0 Å². The van der Waals surface area contributed by atoms with Crippen molar-refractivity contribution < 1.29 is 9.94 Å². The number of amidine groups is 1. The molecule has 1 aromatic carbocycles. The largest absolute Gasteiger partial charge is 0.492 e. The summed E-state index contributed by atoms with van der Waals surface area (Å²) < 4.78 is 5.79. The fourth-order valence-corrected chi connectivity index (χ4v) is 2.54. The van der Waals surface area contributed by atoms with Crippen LogP contribution in [0.5, 0.6) is 5.75 Å². The fraction of sp³-hybridized carbons (Fsp3) is 0.462. The molecule has 0 radical (unpaired) electrons.